The van der Waals surface area contributed by atoms with Crippen molar-refractivity contribution in [1.29, 1.82) is 0 Å². The molecular weight excluding hydrogens is 396 g/mol. The molecular formula is C27H28N4O. The van der Waals surface area contributed by atoms with Gasteiger partial charge in [-0.15, -0.1) is 0 Å². The Kier molecular flexibility index (Phi) is 6.68. The second-order valence-electron chi connectivity index (χ2n) is 7.86. The van der Waals surface area contributed by atoms with Gasteiger partial charge in [0.05, 0.1) is 11.4 Å². The number of H-pyrrole nitrogens is 1. The molecule has 1 amide bonds. The third-order valence-corrected chi connectivity index (χ3v) is 5.50. The van der Waals surface area contributed by atoms with E-state index in [0.717, 1.165) is 25.1 Å². The Bertz CT molecular complexity index is 1260. The summed E-state index contributed by atoms with van der Waals surface area (Å²) in [5, 5.41) is 7.63. The molecule has 0 saturated carbocycles. The molecule has 4 rings (SSSR count). The van der Waals surface area contributed by atoms with Crippen LogP contribution in [0.5, 0.6) is 0 Å². The van der Waals surface area contributed by atoms with Gasteiger partial charge in [0.25, 0.3) is 0 Å². The Labute approximate surface area is 188 Å². The summed E-state index contributed by atoms with van der Waals surface area (Å²) in [5.74, 6) is -0.208. The molecule has 0 bridgehead atoms. The van der Waals surface area contributed by atoms with E-state index in [0.29, 0.717) is 11.4 Å². The number of benzene rings is 3. The first-order chi connectivity index (χ1) is 15.6. The van der Waals surface area contributed by atoms with Gasteiger partial charge < -0.3 is 21.4 Å². The number of fused-ring (bicyclic) bond motifs is 1. The third kappa shape index (κ3) is 5.25. The summed E-state index contributed by atoms with van der Waals surface area (Å²) < 4.78 is 0. The number of nitrogen functional groups attached to an aromatic ring is 1. The smallest absolute Gasteiger partial charge is 0.248 e. The maximum atomic E-state index is 12.2. The molecule has 5 nitrogen and oxygen atoms in total. The van der Waals surface area contributed by atoms with Gasteiger partial charge in [-0.2, -0.15) is 0 Å². The molecule has 1 aromatic heterocycles. The maximum absolute atomic E-state index is 12.2. The zero-order valence-corrected chi connectivity index (χ0v) is 18.2. The quantitative estimate of drug-likeness (QED) is 0.182. The number of hydrogen-bond acceptors (Lipinski definition) is 3. The second kappa shape index (κ2) is 9.98. The first-order valence-electron chi connectivity index (χ1n) is 10.8. The van der Waals surface area contributed by atoms with E-state index in [-0.39, 0.29) is 5.91 Å². The van der Waals surface area contributed by atoms with E-state index in [1.807, 2.05) is 30.3 Å². The summed E-state index contributed by atoms with van der Waals surface area (Å²) >= 11 is 0. The highest BCUT2D eigenvalue weighted by molar-refractivity contribution is 6.03. The SMILES string of the molecule is Cc1[nH]c2ccccc2c1CCNCc1cccc(/C=C/C(=O)Nc2ccccc2N)c1. The van der Waals surface area contributed by atoms with Crippen LogP contribution in [0.2, 0.25) is 0 Å². The van der Waals surface area contributed by atoms with Crippen LogP contribution in [-0.2, 0) is 17.8 Å². The second-order valence-corrected chi connectivity index (χ2v) is 7.86. The fraction of sp³-hybridized carbons (Fsp3) is 0.148. The van der Waals surface area contributed by atoms with Gasteiger partial charge in [0.15, 0.2) is 0 Å². The number of aromatic amines is 1. The Morgan fingerprint density at radius 1 is 1.03 bits per heavy atom. The zero-order valence-electron chi connectivity index (χ0n) is 18.2. The maximum Gasteiger partial charge on any atom is 0.248 e. The van der Waals surface area contributed by atoms with E-state index in [4.69, 9.17) is 5.73 Å². The third-order valence-electron chi connectivity index (χ3n) is 5.50. The molecule has 0 fully saturated rings. The van der Waals surface area contributed by atoms with E-state index < -0.39 is 0 Å². The molecule has 4 aromatic rings. The van der Waals surface area contributed by atoms with Gasteiger partial charge in [-0.3, -0.25) is 4.79 Å². The molecule has 0 unspecified atom stereocenters. The predicted molar refractivity (Wildman–Crippen MR) is 133 cm³/mol. The lowest BCUT2D eigenvalue weighted by molar-refractivity contribution is -0.111. The zero-order chi connectivity index (χ0) is 22.3. The number of para-hydroxylation sites is 3. The predicted octanol–water partition coefficient (Wildman–Crippen LogP) is 5.04. The Balaban J connectivity index is 1.30. The van der Waals surface area contributed by atoms with Crippen LogP contribution in [0, 0.1) is 6.92 Å². The highest BCUT2D eigenvalue weighted by Gasteiger charge is 2.07. The van der Waals surface area contributed by atoms with Crippen LogP contribution < -0.4 is 16.4 Å². The van der Waals surface area contributed by atoms with E-state index in [1.54, 1.807) is 12.1 Å². The van der Waals surface area contributed by atoms with Crippen molar-refractivity contribution in [2.24, 2.45) is 0 Å². The van der Waals surface area contributed by atoms with Crippen LogP contribution in [0.15, 0.2) is 78.9 Å². The van der Waals surface area contributed by atoms with E-state index in [9.17, 15) is 4.79 Å². The minimum absolute atomic E-state index is 0.208. The molecule has 5 heteroatoms. The average molecular weight is 425 g/mol. The molecule has 3 aromatic carbocycles. The molecule has 32 heavy (non-hydrogen) atoms. The van der Waals surface area contributed by atoms with Gasteiger partial charge in [0.1, 0.15) is 0 Å². The van der Waals surface area contributed by atoms with Crippen molar-refractivity contribution < 1.29 is 4.79 Å². The summed E-state index contributed by atoms with van der Waals surface area (Å²) in [6.45, 7) is 3.80. The minimum atomic E-state index is -0.208. The standard InChI is InChI=1S/C27H28N4O/c1-19-22(23-9-2-4-11-25(23)30-19)15-16-29-18-21-8-6-7-20(17-21)13-14-27(32)31-26-12-5-3-10-24(26)28/h2-14,17,29-30H,15-16,18,28H2,1H3,(H,31,32)/b14-13+. The van der Waals surface area contributed by atoms with E-state index >= 15 is 0 Å². The minimum Gasteiger partial charge on any atom is -0.397 e. The monoisotopic (exact) mass is 424 g/mol. The highest BCUT2D eigenvalue weighted by Crippen LogP contribution is 2.22. The molecule has 0 atom stereocenters. The van der Waals surface area contributed by atoms with Crippen molar-refractivity contribution in [2.45, 2.75) is 19.9 Å². The number of amides is 1. The van der Waals surface area contributed by atoms with E-state index in [1.165, 1.54) is 33.8 Å². The van der Waals surface area contributed by atoms with Crippen molar-refractivity contribution in [1.82, 2.24) is 10.3 Å². The molecule has 0 radical (unpaired) electrons. The topological polar surface area (TPSA) is 82.9 Å². The first-order valence-corrected chi connectivity index (χ1v) is 10.8. The summed E-state index contributed by atoms with van der Waals surface area (Å²) in [4.78, 5) is 15.7. The lowest BCUT2D eigenvalue weighted by Gasteiger charge is -2.07. The van der Waals surface area contributed by atoms with Crippen molar-refractivity contribution >= 4 is 34.3 Å². The van der Waals surface area contributed by atoms with Crippen molar-refractivity contribution in [2.75, 3.05) is 17.6 Å². The van der Waals surface area contributed by atoms with Crippen LogP contribution in [-0.4, -0.2) is 17.4 Å². The number of nitrogens with two attached hydrogens (primary N) is 1. The fourth-order valence-corrected chi connectivity index (χ4v) is 3.87. The summed E-state index contributed by atoms with van der Waals surface area (Å²) in [7, 11) is 0. The Morgan fingerprint density at radius 3 is 2.72 bits per heavy atom. The molecule has 5 N–H and O–H groups in total. The lowest BCUT2D eigenvalue weighted by Crippen LogP contribution is -2.17. The number of hydrogen-bond donors (Lipinski definition) is 4. The van der Waals surface area contributed by atoms with Gasteiger partial charge in [0.2, 0.25) is 5.91 Å². The van der Waals surface area contributed by atoms with Gasteiger partial charge in [-0.25, -0.2) is 0 Å². The van der Waals surface area contributed by atoms with Gasteiger partial charge in [-0.1, -0.05) is 54.6 Å². The normalized spacial score (nSPS) is 11.3. The van der Waals surface area contributed by atoms with Crippen molar-refractivity contribution in [3.05, 3.63) is 101 Å². The molecule has 0 spiro atoms. The van der Waals surface area contributed by atoms with Crippen LogP contribution in [0.3, 0.4) is 0 Å². The highest BCUT2D eigenvalue weighted by atomic mass is 16.1. The van der Waals surface area contributed by atoms with E-state index in [2.05, 4.69) is 58.9 Å². The van der Waals surface area contributed by atoms with Crippen molar-refractivity contribution in [3.8, 4) is 0 Å². The van der Waals surface area contributed by atoms with Crippen LogP contribution >= 0.6 is 0 Å². The van der Waals surface area contributed by atoms with Gasteiger partial charge >= 0.3 is 0 Å². The number of carbonyl (C=O) groups is 1. The number of rotatable bonds is 8. The molecule has 0 saturated heterocycles. The lowest BCUT2D eigenvalue weighted by atomic mass is 10.1. The number of anilines is 2. The molecule has 0 aliphatic rings. The number of nitrogens with one attached hydrogen (secondary N) is 3. The summed E-state index contributed by atoms with van der Waals surface area (Å²) in [5.41, 5.74) is 13.0. The van der Waals surface area contributed by atoms with Crippen LogP contribution in [0.1, 0.15) is 22.4 Å². The molecule has 162 valence electrons. The molecule has 0 aliphatic heterocycles. The van der Waals surface area contributed by atoms with Gasteiger partial charge in [0, 0.05) is 29.2 Å². The molecule has 0 aliphatic carbocycles. The largest absolute Gasteiger partial charge is 0.397 e. The van der Waals surface area contributed by atoms with Crippen molar-refractivity contribution in [3.63, 3.8) is 0 Å². The van der Waals surface area contributed by atoms with Gasteiger partial charge in [-0.05, 0) is 60.9 Å². The Hall–Kier alpha value is -3.83. The number of carbonyl (C=O) groups excluding carboxylic acids is 1. The number of aryl methyl sites for hydroxylation is 1. The number of aromatic nitrogens is 1. The van der Waals surface area contributed by atoms with Crippen LogP contribution in [0.25, 0.3) is 17.0 Å². The Morgan fingerprint density at radius 2 is 1.84 bits per heavy atom. The fourth-order valence-electron chi connectivity index (χ4n) is 3.87. The summed E-state index contributed by atoms with van der Waals surface area (Å²) in [6.07, 6.45) is 4.31. The molecule has 1 heterocycles. The first kappa shape index (κ1) is 21.4. The van der Waals surface area contributed by atoms with Crippen LogP contribution in [0.4, 0.5) is 11.4 Å². The summed E-state index contributed by atoms with van der Waals surface area (Å²) in [6, 6.07) is 23.8. The average Bonchev–Trinajstić information content (AvgIpc) is 3.12.